The zero-order valence-corrected chi connectivity index (χ0v) is 13.1. The first kappa shape index (κ1) is 14.6. The maximum atomic E-state index is 12.7. The fraction of sp³-hybridized carbons (Fsp3) is 0.250. The van der Waals surface area contributed by atoms with Crippen LogP contribution >= 0.6 is 0 Å². The maximum absolute atomic E-state index is 12.7. The first-order chi connectivity index (χ1) is 9.52. The fourth-order valence-electron chi connectivity index (χ4n) is 1.94. The van der Waals surface area contributed by atoms with Crippen LogP contribution in [0.3, 0.4) is 0 Å². The van der Waals surface area contributed by atoms with Crippen molar-refractivity contribution in [1.29, 1.82) is 0 Å². The molecule has 2 aromatic carbocycles. The summed E-state index contributed by atoms with van der Waals surface area (Å²) < 4.78 is 12.7. The van der Waals surface area contributed by atoms with E-state index in [0.29, 0.717) is 0 Å². The molecule has 0 amide bonds. The maximum Gasteiger partial charge on any atom is 0.0870 e. The lowest BCUT2D eigenvalue weighted by Gasteiger charge is -2.16. The third-order valence-corrected chi connectivity index (χ3v) is 4.64. The highest BCUT2D eigenvalue weighted by Gasteiger charge is 2.12. The number of nitrogens with zero attached hydrogens (tertiary/aromatic N) is 1. The molecular weight excluding hydrogens is 268 g/mol. The SMILES string of the molecule is CNc1cc(N(C)C)ccc1S(=O)c1ccc(C)cc1. The lowest BCUT2D eigenvalue weighted by Crippen LogP contribution is -2.09. The molecule has 1 atom stereocenters. The molecule has 0 aliphatic heterocycles. The second kappa shape index (κ2) is 6.09. The normalized spacial score (nSPS) is 12.0. The van der Waals surface area contributed by atoms with E-state index in [2.05, 4.69) is 5.32 Å². The van der Waals surface area contributed by atoms with E-state index in [4.69, 9.17) is 0 Å². The van der Waals surface area contributed by atoms with Crippen LogP contribution in [-0.4, -0.2) is 25.4 Å². The summed E-state index contributed by atoms with van der Waals surface area (Å²) in [7, 11) is 4.67. The Labute approximate surface area is 123 Å². The summed E-state index contributed by atoms with van der Waals surface area (Å²) in [5.41, 5.74) is 3.15. The van der Waals surface area contributed by atoms with Gasteiger partial charge in [-0.1, -0.05) is 17.7 Å². The fourth-order valence-corrected chi connectivity index (χ4v) is 3.13. The van der Waals surface area contributed by atoms with Gasteiger partial charge >= 0.3 is 0 Å². The summed E-state index contributed by atoms with van der Waals surface area (Å²) in [5, 5.41) is 3.13. The quantitative estimate of drug-likeness (QED) is 0.937. The van der Waals surface area contributed by atoms with Crippen LogP contribution < -0.4 is 10.2 Å². The smallest absolute Gasteiger partial charge is 0.0870 e. The molecule has 0 fully saturated rings. The molecule has 106 valence electrons. The van der Waals surface area contributed by atoms with Gasteiger partial charge in [0.05, 0.1) is 21.4 Å². The Kier molecular flexibility index (Phi) is 4.45. The van der Waals surface area contributed by atoms with Crippen LogP contribution in [0.5, 0.6) is 0 Å². The Hall–Kier alpha value is -1.81. The van der Waals surface area contributed by atoms with Gasteiger partial charge in [0.15, 0.2) is 0 Å². The van der Waals surface area contributed by atoms with Crippen molar-refractivity contribution in [2.75, 3.05) is 31.4 Å². The summed E-state index contributed by atoms with van der Waals surface area (Å²) in [4.78, 5) is 3.66. The number of nitrogens with one attached hydrogen (secondary N) is 1. The van der Waals surface area contributed by atoms with E-state index in [1.165, 1.54) is 5.56 Å². The minimum absolute atomic E-state index is 0.807. The number of aryl methyl sites for hydroxylation is 1. The van der Waals surface area contributed by atoms with Crippen LogP contribution in [0.2, 0.25) is 0 Å². The molecule has 2 aromatic rings. The first-order valence-corrected chi connectivity index (χ1v) is 7.65. The molecule has 0 radical (unpaired) electrons. The zero-order valence-electron chi connectivity index (χ0n) is 12.3. The number of benzene rings is 2. The van der Waals surface area contributed by atoms with Crippen molar-refractivity contribution in [1.82, 2.24) is 0 Å². The molecule has 0 heterocycles. The molecule has 0 spiro atoms. The van der Waals surface area contributed by atoms with Crippen LogP contribution in [0.25, 0.3) is 0 Å². The van der Waals surface area contributed by atoms with Gasteiger partial charge in [0.1, 0.15) is 0 Å². The van der Waals surface area contributed by atoms with Gasteiger partial charge in [-0.05, 0) is 37.3 Å². The standard InChI is InChI=1S/C16H20N2OS/c1-12-5-8-14(9-6-12)20(19)16-10-7-13(18(3)4)11-15(16)17-2/h5-11,17H,1-4H3. The minimum Gasteiger partial charge on any atom is -0.387 e. The first-order valence-electron chi connectivity index (χ1n) is 6.50. The van der Waals surface area contributed by atoms with Crippen molar-refractivity contribution in [3.8, 4) is 0 Å². The molecule has 4 heteroatoms. The van der Waals surface area contributed by atoms with Gasteiger partial charge in [-0.25, -0.2) is 4.21 Å². The number of rotatable bonds is 4. The highest BCUT2D eigenvalue weighted by atomic mass is 32.2. The monoisotopic (exact) mass is 288 g/mol. The molecule has 0 aromatic heterocycles. The Morgan fingerprint density at radius 2 is 1.70 bits per heavy atom. The van der Waals surface area contributed by atoms with Crippen molar-refractivity contribution in [2.45, 2.75) is 16.7 Å². The lowest BCUT2D eigenvalue weighted by molar-refractivity contribution is 0.683. The lowest BCUT2D eigenvalue weighted by atomic mass is 10.2. The van der Waals surface area contributed by atoms with Gasteiger partial charge in [0.25, 0.3) is 0 Å². The van der Waals surface area contributed by atoms with Crippen LogP contribution in [0.15, 0.2) is 52.3 Å². The summed E-state index contributed by atoms with van der Waals surface area (Å²) in [6.45, 7) is 2.03. The van der Waals surface area contributed by atoms with Crippen molar-refractivity contribution in [3.63, 3.8) is 0 Å². The van der Waals surface area contributed by atoms with Crippen molar-refractivity contribution < 1.29 is 4.21 Å². The summed E-state index contributed by atoms with van der Waals surface area (Å²) in [6, 6.07) is 13.7. The zero-order chi connectivity index (χ0) is 14.7. The van der Waals surface area contributed by atoms with Crippen LogP contribution in [0.4, 0.5) is 11.4 Å². The Morgan fingerprint density at radius 3 is 2.25 bits per heavy atom. The number of anilines is 2. The van der Waals surface area contributed by atoms with Gasteiger partial charge in [0.2, 0.25) is 0 Å². The molecule has 1 N–H and O–H groups in total. The van der Waals surface area contributed by atoms with E-state index in [0.717, 1.165) is 21.2 Å². The number of hydrogen-bond donors (Lipinski definition) is 1. The van der Waals surface area contributed by atoms with Crippen LogP contribution in [0, 0.1) is 6.92 Å². The molecule has 3 nitrogen and oxygen atoms in total. The third kappa shape index (κ3) is 3.02. The molecule has 0 saturated heterocycles. The molecule has 20 heavy (non-hydrogen) atoms. The van der Waals surface area contributed by atoms with E-state index in [9.17, 15) is 4.21 Å². The van der Waals surface area contributed by atoms with Gasteiger partial charge in [0, 0.05) is 31.7 Å². The van der Waals surface area contributed by atoms with E-state index in [1.54, 1.807) is 0 Å². The second-order valence-electron chi connectivity index (χ2n) is 4.91. The summed E-state index contributed by atoms with van der Waals surface area (Å²) in [5.74, 6) is 0. The van der Waals surface area contributed by atoms with Crippen molar-refractivity contribution in [2.24, 2.45) is 0 Å². The Balaban J connectivity index is 2.41. The molecular formula is C16H20N2OS. The highest BCUT2D eigenvalue weighted by Crippen LogP contribution is 2.28. The average Bonchev–Trinajstić information content (AvgIpc) is 2.46. The number of hydrogen-bond acceptors (Lipinski definition) is 3. The van der Waals surface area contributed by atoms with E-state index < -0.39 is 10.8 Å². The van der Waals surface area contributed by atoms with Gasteiger partial charge in [-0.3, -0.25) is 0 Å². The molecule has 0 bridgehead atoms. The van der Waals surface area contributed by atoms with Gasteiger partial charge < -0.3 is 10.2 Å². The van der Waals surface area contributed by atoms with Gasteiger partial charge in [-0.15, -0.1) is 0 Å². The van der Waals surface area contributed by atoms with Crippen molar-refractivity contribution in [3.05, 3.63) is 48.0 Å². The predicted molar refractivity (Wildman–Crippen MR) is 86.2 cm³/mol. The van der Waals surface area contributed by atoms with E-state index in [1.807, 2.05) is 75.4 Å². The molecule has 1 unspecified atom stereocenters. The molecule has 2 rings (SSSR count). The Morgan fingerprint density at radius 1 is 1.05 bits per heavy atom. The van der Waals surface area contributed by atoms with Crippen LogP contribution in [0.1, 0.15) is 5.56 Å². The summed E-state index contributed by atoms with van der Waals surface area (Å²) in [6.07, 6.45) is 0. The third-order valence-electron chi connectivity index (χ3n) is 3.18. The topological polar surface area (TPSA) is 32.3 Å². The minimum atomic E-state index is -1.17. The Bertz CT molecular complexity index is 621. The van der Waals surface area contributed by atoms with Crippen LogP contribution in [-0.2, 0) is 10.8 Å². The molecule has 0 saturated carbocycles. The highest BCUT2D eigenvalue weighted by molar-refractivity contribution is 7.85. The largest absolute Gasteiger partial charge is 0.387 e. The molecule has 0 aliphatic carbocycles. The summed E-state index contributed by atoms with van der Waals surface area (Å²) >= 11 is 0. The predicted octanol–water partition coefficient (Wildman–Crippen LogP) is 3.27. The second-order valence-corrected chi connectivity index (χ2v) is 6.36. The van der Waals surface area contributed by atoms with Gasteiger partial charge in [-0.2, -0.15) is 0 Å². The van der Waals surface area contributed by atoms with E-state index >= 15 is 0 Å². The van der Waals surface area contributed by atoms with E-state index in [-0.39, 0.29) is 0 Å². The van der Waals surface area contributed by atoms with Crippen molar-refractivity contribution >= 4 is 22.2 Å². The average molecular weight is 288 g/mol. The molecule has 0 aliphatic rings.